The van der Waals surface area contributed by atoms with E-state index >= 15 is 0 Å². The number of rotatable bonds is 5. The van der Waals surface area contributed by atoms with E-state index in [1.807, 2.05) is 0 Å². The van der Waals surface area contributed by atoms with Crippen LogP contribution in [0, 0.1) is 5.82 Å². The average molecular weight is 282 g/mol. The predicted molar refractivity (Wildman–Crippen MR) is 75.9 cm³/mol. The number of hydrogen-bond acceptors (Lipinski definition) is 4. The zero-order valence-electron chi connectivity index (χ0n) is 11.9. The standard InChI is InChI=1S/C15H23FN2O2/c1-12(19)10-17-5-7-18(8-6-17)11-15(20)13-3-2-4-14(16)9-13/h2-4,9,12,15,19-20H,5-8,10-11H2,1H3. The van der Waals surface area contributed by atoms with Crippen LogP contribution in [0.1, 0.15) is 18.6 Å². The van der Waals surface area contributed by atoms with Gasteiger partial charge in [0.15, 0.2) is 0 Å². The van der Waals surface area contributed by atoms with Crippen LogP contribution in [0.15, 0.2) is 24.3 Å². The molecule has 0 radical (unpaired) electrons. The van der Waals surface area contributed by atoms with Gasteiger partial charge in [-0.05, 0) is 24.6 Å². The van der Waals surface area contributed by atoms with Crippen molar-refractivity contribution < 1.29 is 14.6 Å². The summed E-state index contributed by atoms with van der Waals surface area (Å²) in [6, 6.07) is 6.13. The smallest absolute Gasteiger partial charge is 0.123 e. The molecular formula is C15H23FN2O2. The van der Waals surface area contributed by atoms with Gasteiger partial charge in [-0.25, -0.2) is 4.39 Å². The lowest BCUT2D eigenvalue weighted by Gasteiger charge is -2.36. The molecule has 1 heterocycles. The minimum absolute atomic E-state index is 0.306. The van der Waals surface area contributed by atoms with E-state index < -0.39 is 6.10 Å². The van der Waals surface area contributed by atoms with E-state index in [2.05, 4.69) is 9.80 Å². The fraction of sp³-hybridized carbons (Fsp3) is 0.600. The summed E-state index contributed by atoms with van der Waals surface area (Å²) in [5.74, 6) is -0.316. The topological polar surface area (TPSA) is 46.9 Å². The molecule has 2 unspecified atom stereocenters. The van der Waals surface area contributed by atoms with Gasteiger partial charge < -0.3 is 10.2 Å². The summed E-state index contributed by atoms with van der Waals surface area (Å²) < 4.78 is 13.1. The van der Waals surface area contributed by atoms with Crippen molar-refractivity contribution in [3.05, 3.63) is 35.6 Å². The van der Waals surface area contributed by atoms with Gasteiger partial charge >= 0.3 is 0 Å². The van der Waals surface area contributed by atoms with Crippen LogP contribution in [0.2, 0.25) is 0 Å². The van der Waals surface area contributed by atoms with Crippen molar-refractivity contribution in [3.8, 4) is 0 Å². The van der Waals surface area contributed by atoms with E-state index in [9.17, 15) is 14.6 Å². The van der Waals surface area contributed by atoms with Crippen LogP contribution in [-0.4, -0.2) is 65.4 Å². The second-order valence-corrected chi connectivity index (χ2v) is 5.52. The van der Waals surface area contributed by atoms with Gasteiger partial charge in [0.1, 0.15) is 5.82 Å². The molecule has 1 aliphatic rings. The summed E-state index contributed by atoms with van der Waals surface area (Å²) in [4.78, 5) is 4.39. The second kappa shape index (κ2) is 7.13. The fourth-order valence-electron chi connectivity index (χ4n) is 2.59. The molecule has 4 nitrogen and oxygen atoms in total. The summed E-state index contributed by atoms with van der Waals surface area (Å²) >= 11 is 0. The van der Waals surface area contributed by atoms with Crippen molar-refractivity contribution in [2.24, 2.45) is 0 Å². The highest BCUT2D eigenvalue weighted by Crippen LogP contribution is 2.16. The molecule has 1 aromatic rings. The number of halogens is 1. The fourth-order valence-corrected chi connectivity index (χ4v) is 2.59. The van der Waals surface area contributed by atoms with Crippen molar-refractivity contribution in [3.63, 3.8) is 0 Å². The SMILES string of the molecule is CC(O)CN1CCN(CC(O)c2cccc(F)c2)CC1. The van der Waals surface area contributed by atoms with Crippen molar-refractivity contribution >= 4 is 0 Å². The summed E-state index contributed by atoms with van der Waals surface area (Å²) in [5.41, 5.74) is 0.622. The minimum atomic E-state index is -0.658. The third-order valence-electron chi connectivity index (χ3n) is 3.65. The van der Waals surface area contributed by atoms with Crippen LogP contribution in [0.3, 0.4) is 0 Å². The summed E-state index contributed by atoms with van der Waals surface area (Å²) in [6.07, 6.45) is -0.964. The van der Waals surface area contributed by atoms with E-state index in [1.165, 1.54) is 12.1 Å². The van der Waals surface area contributed by atoms with Crippen molar-refractivity contribution in [1.82, 2.24) is 9.80 Å². The Kier molecular flexibility index (Phi) is 5.48. The molecule has 2 atom stereocenters. The number of aliphatic hydroxyl groups is 2. The zero-order valence-corrected chi connectivity index (χ0v) is 11.9. The Morgan fingerprint density at radius 3 is 2.25 bits per heavy atom. The van der Waals surface area contributed by atoms with Gasteiger partial charge in [-0.15, -0.1) is 0 Å². The van der Waals surface area contributed by atoms with Crippen LogP contribution in [-0.2, 0) is 0 Å². The van der Waals surface area contributed by atoms with Gasteiger partial charge in [-0.2, -0.15) is 0 Å². The highest BCUT2D eigenvalue weighted by Gasteiger charge is 2.20. The van der Waals surface area contributed by atoms with E-state index in [4.69, 9.17) is 0 Å². The maximum absolute atomic E-state index is 13.1. The normalized spacial score (nSPS) is 20.8. The molecule has 0 aromatic heterocycles. The van der Waals surface area contributed by atoms with Crippen LogP contribution < -0.4 is 0 Å². The van der Waals surface area contributed by atoms with Crippen molar-refractivity contribution in [2.45, 2.75) is 19.1 Å². The molecule has 0 spiro atoms. The van der Waals surface area contributed by atoms with Gasteiger partial charge in [0.05, 0.1) is 12.2 Å². The number of β-amino-alcohol motifs (C(OH)–C–C–N with tert-alkyl or cyclic N) is 2. The molecule has 1 fully saturated rings. The lowest BCUT2D eigenvalue weighted by molar-refractivity contribution is 0.0526. The van der Waals surface area contributed by atoms with E-state index in [0.717, 1.165) is 26.2 Å². The Morgan fingerprint density at radius 1 is 1.10 bits per heavy atom. The summed E-state index contributed by atoms with van der Waals surface area (Å²) in [6.45, 7) is 6.51. The number of aliphatic hydroxyl groups excluding tert-OH is 2. The molecule has 0 bridgehead atoms. The maximum atomic E-state index is 13.1. The Morgan fingerprint density at radius 2 is 1.70 bits per heavy atom. The van der Waals surface area contributed by atoms with Gasteiger partial charge in [0, 0.05) is 39.3 Å². The Balaban J connectivity index is 1.80. The molecule has 1 aromatic carbocycles. The minimum Gasteiger partial charge on any atom is -0.392 e. The second-order valence-electron chi connectivity index (χ2n) is 5.52. The van der Waals surface area contributed by atoms with Crippen molar-refractivity contribution in [2.75, 3.05) is 39.3 Å². The molecule has 2 rings (SSSR count). The van der Waals surface area contributed by atoms with E-state index in [-0.39, 0.29) is 11.9 Å². The number of benzene rings is 1. The molecule has 112 valence electrons. The highest BCUT2D eigenvalue weighted by molar-refractivity contribution is 5.19. The molecule has 0 amide bonds. The predicted octanol–water partition coefficient (Wildman–Crippen LogP) is 0.857. The van der Waals surface area contributed by atoms with Crippen molar-refractivity contribution in [1.29, 1.82) is 0 Å². The van der Waals surface area contributed by atoms with E-state index in [1.54, 1.807) is 19.1 Å². The van der Waals surface area contributed by atoms with Crippen LogP contribution in [0.25, 0.3) is 0 Å². The van der Waals surface area contributed by atoms with E-state index in [0.29, 0.717) is 18.7 Å². The van der Waals surface area contributed by atoms with Gasteiger partial charge in [-0.3, -0.25) is 9.80 Å². The Labute approximate surface area is 119 Å². The highest BCUT2D eigenvalue weighted by atomic mass is 19.1. The zero-order chi connectivity index (χ0) is 14.5. The van der Waals surface area contributed by atoms with Crippen LogP contribution in [0.5, 0.6) is 0 Å². The quantitative estimate of drug-likeness (QED) is 0.841. The Bertz CT molecular complexity index is 420. The van der Waals surface area contributed by atoms with Gasteiger partial charge in [-0.1, -0.05) is 12.1 Å². The molecule has 0 saturated carbocycles. The third-order valence-corrected chi connectivity index (χ3v) is 3.65. The van der Waals surface area contributed by atoms with Crippen LogP contribution >= 0.6 is 0 Å². The monoisotopic (exact) mass is 282 g/mol. The van der Waals surface area contributed by atoms with Crippen LogP contribution in [0.4, 0.5) is 4.39 Å². The molecule has 20 heavy (non-hydrogen) atoms. The molecule has 2 N–H and O–H groups in total. The first kappa shape index (κ1) is 15.4. The number of piperazine rings is 1. The average Bonchev–Trinajstić information content (AvgIpc) is 2.40. The number of nitrogens with zero attached hydrogens (tertiary/aromatic N) is 2. The lowest BCUT2D eigenvalue weighted by atomic mass is 10.1. The molecular weight excluding hydrogens is 259 g/mol. The third kappa shape index (κ3) is 4.52. The largest absolute Gasteiger partial charge is 0.392 e. The Hall–Kier alpha value is -1.01. The first-order valence-corrected chi connectivity index (χ1v) is 7.11. The maximum Gasteiger partial charge on any atom is 0.123 e. The number of hydrogen-bond donors (Lipinski definition) is 2. The summed E-state index contributed by atoms with van der Waals surface area (Å²) in [5, 5.41) is 19.5. The lowest BCUT2D eigenvalue weighted by Crippen LogP contribution is -2.49. The first-order chi connectivity index (χ1) is 9.54. The molecule has 1 aliphatic heterocycles. The molecule has 1 saturated heterocycles. The molecule has 5 heteroatoms. The molecule has 0 aliphatic carbocycles. The van der Waals surface area contributed by atoms with Gasteiger partial charge in [0.25, 0.3) is 0 Å². The van der Waals surface area contributed by atoms with Gasteiger partial charge in [0.2, 0.25) is 0 Å². The first-order valence-electron chi connectivity index (χ1n) is 7.11. The summed E-state index contributed by atoms with van der Waals surface area (Å²) in [7, 11) is 0.